The molecule has 2 N–H and O–H groups in total. The summed E-state index contributed by atoms with van der Waals surface area (Å²) < 4.78 is 38.4. The number of hydrogen-bond acceptors (Lipinski definition) is 1. The zero-order valence-electron chi connectivity index (χ0n) is 10.5. The van der Waals surface area contributed by atoms with Crippen molar-refractivity contribution >= 4 is 11.6 Å². The Morgan fingerprint density at radius 3 is 2.47 bits per heavy atom. The van der Waals surface area contributed by atoms with Gasteiger partial charge in [-0.2, -0.15) is 13.2 Å². The molecule has 2 atom stereocenters. The molecule has 1 aliphatic carbocycles. The summed E-state index contributed by atoms with van der Waals surface area (Å²) in [5.74, 6) is -1.27. The highest BCUT2D eigenvalue weighted by atomic mass is 35.5. The van der Waals surface area contributed by atoms with Crippen LogP contribution >= 0.6 is 11.6 Å². The molecule has 1 saturated carbocycles. The lowest BCUT2D eigenvalue weighted by molar-refractivity contribution is -0.187. The minimum atomic E-state index is -4.13. The summed E-state index contributed by atoms with van der Waals surface area (Å²) in [5, 5.41) is 0.617. The Morgan fingerprint density at radius 1 is 1.26 bits per heavy atom. The Morgan fingerprint density at radius 2 is 1.89 bits per heavy atom. The maximum absolute atomic E-state index is 12.8. The summed E-state index contributed by atoms with van der Waals surface area (Å²) >= 11 is 5.79. The second-order valence-electron chi connectivity index (χ2n) is 5.50. The van der Waals surface area contributed by atoms with E-state index in [0.29, 0.717) is 24.3 Å². The molecule has 0 aliphatic heterocycles. The van der Waals surface area contributed by atoms with Crippen molar-refractivity contribution in [3.05, 3.63) is 34.9 Å². The second kappa shape index (κ2) is 5.33. The molecular formula is C14H17ClF3N. The Labute approximate surface area is 115 Å². The number of nitrogens with two attached hydrogens (primary N) is 1. The molecule has 106 valence electrons. The summed E-state index contributed by atoms with van der Waals surface area (Å²) in [7, 11) is 0. The number of alkyl halides is 3. The molecular weight excluding hydrogens is 275 g/mol. The van der Waals surface area contributed by atoms with E-state index in [1.54, 1.807) is 12.1 Å². The SMILES string of the molecule is NC1(Cc2ccc(Cl)cc2)CCCC(C(F)(F)F)C1. The maximum atomic E-state index is 12.8. The first-order valence-corrected chi connectivity index (χ1v) is 6.76. The average molecular weight is 292 g/mol. The van der Waals surface area contributed by atoms with Crippen molar-refractivity contribution in [3.63, 3.8) is 0 Å². The minimum absolute atomic E-state index is 0.0130. The van der Waals surface area contributed by atoms with E-state index in [9.17, 15) is 13.2 Å². The molecule has 1 nitrogen and oxygen atoms in total. The highest BCUT2D eigenvalue weighted by Crippen LogP contribution is 2.41. The van der Waals surface area contributed by atoms with Crippen LogP contribution < -0.4 is 5.73 Å². The van der Waals surface area contributed by atoms with Gasteiger partial charge in [0.15, 0.2) is 0 Å². The van der Waals surface area contributed by atoms with E-state index in [4.69, 9.17) is 17.3 Å². The van der Waals surface area contributed by atoms with Gasteiger partial charge in [-0.05, 0) is 43.4 Å². The first kappa shape index (κ1) is 14.7. The van der Waals surface area contributed by atoms with Gasteiger partial charge in [0.25, 0.3) is 0 Å². The number of hydrogen-bond donors (Lipinski definition) is 1. The van der Waals surface area contributed by atoms with E-state index in [2.05, 4.69) is 0 Å². The Balaban J connectivity index is 2.07. The van der Waals surface area contributed by atoms with Gasteiger partial charge in [-0.25, -0.2) is 0 Å². The number of halogens is 4. The molecule has 1 fully saturated rings. The number of rotatable bonds is 2. The third kappa shape index (κ3) is 3.86. The van der Waals surface area contributed by atoms with E-state index in [0.717, 1.165) is 5.56 Å². The Bertz CT molecular complexity index is 429. The standard InChI is InChI=1S/C14H17ClF3N/c15-12-5-3-10(4-6-12)8-13(19)7-1-2-11(9-13)14(16,17)18/h3-6,11H,1-2,7-9,19H2. The van der Waals surface area contributed by atoms with Gasteiger partial charge in [0, 0.05) is 10.6 Å². The summed E-state index contributed by atoms with van der Waals surface area (Å²) in [4.78, 5) is 0. The predicted molar refractivity (Wildman–Crippen MR) is 70.1 cm³/mol. The van der Waals surface area contributed by atoms with Crippen LogP contribution in [0.4, 0.5) is 13.2 Å². The Kier molecular flexibility index (Phi) is 4.11. The van der Waals surface area contributed by atoms with Gasteiger partial charge in [0.05, 0.1) is 5.92 Å². The van der Waals surface area contributed by atoms with Gasteiger partial charge >= 0.3 is 6.18 Å². The monoisotopic (exact) mass is 291 g/mol. The van der Waals surface area contributed by atoms with Crippen LogP contribution in [0.3, 0.4) is 0 Å². The average Bonchev–Trinajstić information content (AvgIpc) is 2.31. The van der Waals surface area contributed by atoms with Crippen molar-refractivity contribution in [2.75, 3.05) is 0 Å². The van der Waals surface area contributed by atoms with Gasteiger partial charge in [-0.15, -0.1) is 0 Å². The highest BCUT2D eigenvalue weighted by molar-refractivity contribution is 6.30. The molecule has 0 aromatic heterocycles. The molecule has 0 heterocycles. The zero-order valence-corrected chi connectivity index (χ0v) is 11.3. The topological polar surface area (TPSA) is 26.0 Å². The van der Waals surface area contributed by atoms with Crippen LogP contribution in [0.1, 0.15) is 31.2 Å². The Hall–Kier alpha value is -0.740. The van der Waals surface area contributed by atoms with Crippen molar-refractivity contribution in [2.24, 2.45) is 11.7 Å². The molecule has 0 saturated heterocycles. The van der Waals surface area contributed by atoms with Gasteiger partial charge < -0.3 is 5.73 Å². The molecule has 0 radical (unpaired) electrons. The first-order chi connectivity index (χ1) is 8.78. The van der Waals surface area contributed by atoms with Crippen molar-refractivity contribution in [1.29, 1.82) is 0 Å². The van der Waals surface area contributed by atoms with Crippen molar-refractivity contribution < 1.29 is 13.2 Å². The molecule has 1 aromatic carbocycles. The lowest BCUT2D eigenvalue weighted by Crippen LogP contribution is -2.48. The van der Waals surface area contributed by atoms with E-state index in [1.165, 1.54) is 0 Å². The van der Waals surface area contributed by atoms with Gasteiger partial charge in [-0.1, -0.05) is 30.2 Å². The van der Waals surface area contributed by atoms with Gasteiger partial charge in [0.1, 0.15) is 0 Å². The summed E-state index contributed by atoms with van der Waals surface area (Å²) in [6.45, 7) is 0. The summed E-state index contributed by atoms with van der Waals surface area (Å²) in [6, 6.07) is 7.14. The van der Waals surface area contributed by atoms with Crippen LogP contribution in [0.2, 0.25) is 5.02 Å². The molecule has 1 aromatic rings. The third-order valence-corrected chi connectivity index (χ3v) is 4.06. The summed E-state index contributed by atoms with van der Waals surface area (Å²) in [5.41, 5.74) is 6.37. The van der Waals surface area contributed by atoms with E-state index < -0.39 is 17.6 Å². The lowest BCUT2D eigenvalue weighted by Gasteiger charge is -2.39. The fraction of sp³-hybridized carbons (Fsp3) is 0.571. The summed E-state index contributed by atoms with van der Waals surface area (Å²) in [6.07, 6.45) is -2.28. The van der Waals surface area contributed by atoms with Crippen molar-refractivity contribution in [3.8, 4) is 0 Å². The quantitative estimate of drug-likeness (QED) is 0.862. The predicted octanol–water partition coefficient (Wildman–Crippen LogP) is 4.33. The smallest absolute Gasteiger partial charge is 0.325 e. The van der Waals surface area contributed by atoms with Gasteiger partial charge in [0.2, 0.25) is 0 Å². The van der Waals surface area contributed by atoms with Crippen LogP contribution in [-0.4, -0.2) is 11.7 Å². The van der Waals surface area contributed by atoms with Crippen molar-refractivity contribution in [2.45, 2.75) is 43.8 Å². The van der Waals surface area contributed by atoms with Gasteiger partial charge in [-0.3, -0.25) is 0 Å². The molecule has 2 unspecified atom stereocenters. The largest absolute Gasteiger partial charge is 0.391 e. The van der Waals surface area contributed by atoms with E-state index in [-0.39, 0.29) is 12.8 Å². The second-order valence-corrected chi connectivity index (χ2v) is 5.94. The van der Waals surface area contributed by atoms with Crippen LogP contribution in [0.5, 0.6) is 0 Å². The molecule has 1 aliphatic rings. The normalized spacial score (nSPS) is 28.4. The zero-order chi connectivity index (χ0) is 14.1. The molecule has 0 bridgehead atoms. The van der Waals surface area contributed by atoms with E-state index >= 15 is 0 Å². The molecule has 19 heavy (non-hydrogen) atoms. The molecule has 0 amide bonds. The minimum Gasteiger partial charge on any atom is -0.325 e. The maximum Gasteiger partial charge on any atom is 0.391 e. The van der Waals surface area contributed by atoms with Crippen LogP contribution in [0, 0.1) is 5.92 Å². The fourth-order valence-electron chi connectivity index (χ4n) is 2.84. The van der Waals surface area contributed by atoms with Crippen molar-refractivity contribution in [1.82, 2.24) is 0 Å². The number of benzene rings is 1. The highest BCUT2D eigenvalue weighted by Gasteiger charge is 2.46. The molecule has 2 rings (SSSR count). The lowest BCUT2D eigenvalue weighted by atomic mass is 9.73. The third-order valence-electron chi connectivity index (χ3n) is 3.81. The molecule has 5 heteroatoms. The fourth-order valence-corrected chi connectivity index (χ4v) is 2.97. The van der Waals surface area contributed by atoms with Crippen LogP contribution in [0.25, 0.3) is 0 Å². The first-order valence-electron chi connectivity index (χ1n) is 6.39. The van der Waals surface area contributed by atoms with E-state index in [1.807, 2.05) is 12.1 Å². The molecule has 0 spiro atoms. The van der Waals surface area contributed by atoms with Crippen LogP contribution in [0.15, 0.2) is 24.3 Å². The van der Waals surface area contributed by atoms with Crippen LogP contribution in [-0.2, 0) is 6.42 Å².